The zero-order valence-electron chi connectivity index (χ0n) is 20.9. The lowest BCUT2D eigenvalue weighted by Crippen LogP contribution is -2.58. The highest BCUT2D eigenvalue weighted by atomic mass is 35.5. The standard InChI is InChI=1S/C27H25ClF3N5O2/c1-15-21(10-17-4-6-18(7-5-17)27(29,30)31)25(28)22-11-19(8-9-23(22)33-15)26(38,24-12-32-34-35(24)3)20-13-36(14-20)16(2)37/h4-9,11-12,20,38H,10,13-14H2,1-3H3. The number of aryl methyl sites for hydroxylation is 2. The van der Waals surface area contributed by atoms with Crippen LogP contribution in [0.2, 0.25) is 5.02 Å². The number of aromatic nitrogens is 4. The number of hydrogen-bond donors (Lipinski definition) is 1. The second kappa shape index (κ2) is 9.36. The van der Waals surface area contributed by atoms with Gasteiger partial charge in [0, 0.05) is 50.5 Å². The molecule has 1 aliphatic rings. The third kappa shape index (κ3) is 4.41. The van der Waals surface area contributed by atoms with Gasteiger partial charge < -0.3 is 10.0 Å². The minimum absolute atomic E-state index is 0.0686. The molecule has 1 unspecified atom stereocenters. The number of aliphatic hydroxyl groups is 1. The van der Waals surface area contributed by atoms with Crippen molar-refractivity contribution in [3.8, 4) is 0 Å². The molecule has 2 aromatic heterocycles. The molecule has 1 amide bonds. The Hall–Kier alpha value is -3.50. The fourth-order valence-corrected chi connectivity index (χ4v) is 5.42. The van der Waals surface area contributed by atoms with Gasteiger partial charge >= 0.3 is 6.18 Å². The van der Waals surface area contributed by atoms with Crippen molar-refractivity contribution < 1.29 is 23.1 Å². The molecule has 0 saturated carbocycles. The molecule has 11 heteroatoms. The number of pyridine rings is 1. The van der Waals surface area contributed by atoms with Crippen molar-refractivity contribution >= 4 is 28.4 Å². The van der Waals surface area contributed by atoms with E-state index in [1.165, 1.54) is 29.9 Å². The van der Waals surface area contributed by atoms with Crippen LogP contribution in [-0.4, -0.2) is 49.0 Å². The second-order valence-corrected chi connectivity index (χ2v) is 10.1. The van der Waals surface area contributed by atoms with Crippen LogP contribution in [0.5, 0.6) is 0 Å². The van der Waals surface area contributed by atoms with E-state index in [-0.39, 0.29) is 11.8 Å². The van der Waals surface area contributed by atoms with E-state index in [2.05, 4.69) is 15.3 Å². The van der Waals surface area contributed by atoms with Gasteiger partial charge in [0.25, 0.3) is 0 Å². The van der Waals surface area contributed by atoms with Gasteiger partial charge in [-0.1, -0.05) is 35.0 Å². The molecule has 1 fully saturated rings. The van der Waals surface area contributed by atoms with Crippen LogP contribution in [0.4, 0.5) is 13.2 Å². The van der Waals surface area contributed by atoms with Crippen molar-refractivity contribution in [3.63, 3.8) is 0 Å². The fraction of sp³-hybridized carbons (Fsp3) is 0.333. The van der Waals surface area contributed by atoms with E-state index in [0.717, 1.165) is 12.1 Å². The molecule has 0 radical (unpaired) electrons. The SMILES string of the molecule is CC(=O)N1CC(C(O)(c2ccc3nc(C)c(Cc4ccc(C(F)(F)F)cc4)c(Cl)c3c2)c2cnnn2C)C1. The molecule has 1 atom stereocenters. The molecule has 38 heavy (non-hydrogen) atoms. The van der Waals surface area contributed by atoms with Crippen molar-refractivity contribution in [2.75, 3.05) is 13.1 Å². The van der Waals surface area contributed by atoms with Crippen LogP contribution in [0.15, 0.2) is 48.7 Å². The average molecular weight is 544 g/mol. The van der Waals surface area contributed by atoms with Crippen LogP contribution in [-0.2, 0) is 30.0 Å². The van der Waals surface area contributed by atoms with Gasteiger partial charge in [-0.15, -0.1) is 5.10 Å². The minimum atomic E-state index is -4.41. The van der Waals surface area contributed by atoms with Gasteiger partial charge in [-0.2, -0.15) is 13.2 Å². The number of rotatable bonds is 5. The van der Waals surface area contributed by atoms with E-state index < -0.39 is 17.3 Å². The minimum Gasteiger partial charge on any atom is -0.378 e. The van der Waals surface area contributed by atoms with Crippen molar-refractivity contribution in [1.82, 2.24) is 24.9 Å². The summed E-state index contributed by atoms with van der Waals surface area (Å²) in [6, 6.07) is 10.3. The zero-order valence-corrected chi connectivity index (χ0v) is 21.7. The monoisotopic (exact) mass is 543 g/mol. The summed E-state index contributed by atoms with van der Waals surface area (Å²) in [7, 11) is 1.69. The van der Waals surface area contributed by atoms with Gasteiger partial charge in [0.1, 0.15) is 5.60 Å². The molecule has 5 rings (SSSR count). The smallest absolute Gasteiger partial charge is 0.378 e. The average Bonchev–Trinajstić information content (AvgIpc) is 3.26. The van der Waals surface area contributed by atoms with Crippen LogP contribution in [0.25, 0.3) is 10.9 Å². The molecule has 7 nitrogen and oxygen atoms in total. The summed E-state index contributed by atoms with van der Waals surface area (Å²) in [6.07, 6.45) is -2.61. The van der Waals surface area contributed by atoms with Crippen molar-refractivity contribution in [3.05, 3.63) is 87.3 Å². The summed E-state index contributed by atoms with van der Waals surface area (Å²) in [6.45, 7) is 4.03. The molecule has 0 bridgehead atoms. The Morgan fingerprint density at radius 2 is 1.79 bits per heavy atom. The lowest BCUT2D eigenvalue weighted by molar-refractivity contribution is -0.143. The number of amides is 1. The van der Waals surface area contributed by atoms with Gasteiger partial charge in [-0.05, 0) is 47.9 Å². The predicted molar refractivity (Wildman–Crippen MR) is 135 cm³/mol. The van der Waals surface area contributed by atoms with Crippen molar-refractivity contribution in [2.45, 2.75) is 32.0 Å². The number of carbonyl (C=O) groups is 1. The maximum Gasteiger partial charge on any atom is 0.416 e. The first-order valence-electron chi connectivity index (χ1n) is 12.0. The third-order valence-corrected chi connectivity index (χ3v) is 7.78. The Bertz CT molecular complexity index is 1530. The second-order valence-electron chi connectivity index (χ2n) is 9.72. The van der Waals surface area contributed by atoms with Crippen molar-refractivity contribution in [2.24, 2.45) is 13.0 Å². The van der Waals surface area contributed by atoms with Crippen LogP contribution in [0.3, 0.4) is 0 Å². The third-order valence-electron chi connectivity index (χ3n) is 7.35. The molecular weight excluding hydrogens is 519 g/mol. The molecule has 0 aliphatic carbocycles. The highest BCUT2D eigenvalue weighted by molar-refractivity contribution is 6.36. The zero-order chi connectivity index (χ0) is 27.4. The first-order valence-corrected chi connectivity index (χ1v) is 12.4. The Balaban J connectivity index is 1.57. The van der Waals surface area contributed by atoms with Crippen LogP contribution >= 0.6 is 11.6 Å². The molecule has 0 spiro atoms. The first kappa shape index (κ1) is 26.1. The molecule has 1 aliphatic heterocycles. The number of likely N-dealkylation sites (tertiary alicyclic amines) is 1. The maximum atomic E-state index is 13.0. The maximum absolute atomic E-state index is 13.0. The summed E-state index contributed by atoms with van der Waals surface area (Å²) in [5, 5.41) is 21.1. The van der Waals surface area contributed by atoms with E-state index >= 15 is 0 Å². The highest BCUT2D eigenvalue weighted by Gasteiger charge is 2.49. The van der Waals surface area contributed by atoms with E-state index in [1.807, 2.05) is 0 Å². The topological polar surface area (TPSA) is 84.1 Å². The summed E-state index contributed by atoms with van der Waals surface area (Å²) in [5.74, 6) is -0.370. The largest absolute Gasteiger partial charge is 0.416 e. The normalized spacial score (nSPS) is 15.9. The number of halogens is 4. The molecule has 1 N–H and O–H groups in total. The van der Waals surface area contributed by atoms with Crippen LogP contribution in [0.1, 0.15) is 40.6 Å². The molecule has 2 aromatic carbocycles. The van der Waals surface area contributed by atoms with E-state index in [4.69, 9.17) is 11.6 Å². The summed E-state index contributed by atoms with van der Waals surface area (Å²) in [4.78, 5) is 18.2. The van der Waals surface area contributed by atoms with Gasteiger partial charge in [-0.3, -0.25) is 9.78 Å². The lowest BCUT2D eigenvalue weighted by Gasteiger charge is -2.47. The van der Waals surface area contributed by atoms with Crippen LogP contribution < -0.4 is 0 Å². The molecular formula is C27H25ClF3N5O2. The number of carbonyl (C=O) groups excluding carboxylic acids is 1. The molecule has 1 saturated heterocycles. The molecule has 3 heterocycles. The van der Waals surface area contributed by atoms with Gasteiger partial charge in [0.2, 0.25) is 5.91 Å². The number of alkyl halides is 3. The predicted octanol–water partition coefficient (Wildman–Crippen LogP) is 4.65. The lowest BCUT2D eigenvalue weighted by atomic mass is 9.74. The number of nitrogens with zero attached hydrogens (tertiary/aromatic N) is 5. The number of hydrogen-bond acceptors (Lipinski definition) is 5. The summed E-state index contributed by atoms with van der Waals surface area (Å²) >= 11 is 6.89. The van der Waals surface area contributed by atoms with Gasteiger partial charge in [0.15, 0.2) is 0 Å². The molecule has 4 aromatic rings. The highest BCUT2D eigenvalue weighted by Crippen LogP contribution is 2.43. The number of fused-ring (bicyclic) bond motifs is 1. The summed E-state index contributed by atoms with van der Waals surface area (Å²) in [5.41, 5.74) is 1.45. The Labute approximate surface area is 221 Å². The van der Waals surface area contributed by atoms with Crippen LogP contribution in [0, 0.1) is 12.8 Å². The quantitative estimate of drug-likeness (QED) is 0.396. The Morgan fingerprint density at radius 1 is 1.13 bits per heavy atom. The molecule has 198 valence electrons. The van der Waals surface area contributed by atoms with E-state index in [0.29, 0.717) is 63.5 Å². The van der Waals surface area contributed by atoms with E-state index in [1.54, 1.807) is 37.1 Å². The first-order chi connectivity index (χ1) is 17.9. The fourth-order valence-electron chi connectivity index (χ4n) is 5.06. The summed E-state index contributed by atoms with van der Waals surface area (Å²) < 4.78 is 40.4. The Kier molecular flexibility index (Phi) is 6.43. The van der Waals surface area contributed by atoms with Crippen molar-refractivity contribution in [1.29, 1.82) is 0 Å². The number of benzene rings is 2. The van der Waals surface area contributed by atoms with E-state index in [9.17, 15) is 23.1 Å². The van der Waals surface area contributed by atoms with Gasteiger partial charge in [0.05, 0.1) is 28.0 Å². The van der Waals surface area contributed by atoms with Gasteiger partial charge in [-0.25, -0.2) is 4.68 Å². The Morgan fingerprint density at radius 3 is 2.37 bits per heavy atom.